The molecule has 0 spiro atoms. The van der Waals surface area contributed by atoms with Crippen LogP contribution in [-0.4, -0.2) is 28.9 Å². The number of hydrogen-bond acceptors (Lipinski definition) is 3. The van der Waals surface area contributed by atoms with Crippen molar-refractivity contribution in [3.63, 3.8) is 0 Å². The van der Waals surface area contributed by atoms with Crippen molar-refractivity contribution in [3.8, 4) is 0 Å². The molecule has 0 bridgehead atoms. The lowest BCUT2D eigenvalue weighted by atomic mass is 10.2. The fourth-order valence-corrected chi connectivity index (χ4v) is 1.59. The molecule has 0 aliphatic carbocycles. The summed E-state index contributed by atoms with van der Waals surface area (Å²) in [6.45, 7) is 7.84. The Labute approximate surface area is 102 Å². The van der Waals surface area contributed by atoms with Crippen molar-refractivity contribution in [3.05, 3.63) is 34.2 Å². The summed E-state index contributed by atoms with van der Waals surface area (Å²) in [5, 5.41) is 13.0. The zero-order valence-electron chi connectivity index (χ0n) is 10.8. The molecule has 4 nitrogen and oxygen atoms in total. The maximum absolute atomic E-state index is 11.6. The maximum atomic E-state index is 11.6. The van der Waals surface area contributed by atoms with Crippen molar-refractivity contribution < 1.29 is 5.11 Å². The lowest BCUT2D eigenvalue weighted by Gasteiger charge is -2.14. The summed E-state index contributed by atoms with van der Waals surface area (Å²) in [4.78, 5) is 11.6. The topological polar surface area (TPSA) is 54.3 Å². The van der Waals surface area contributed by atoms with Crippen LogP contribution in [0.4, 0.5) is 0 Å². The molecule has 0 saturated heterocycles. The summed E-state index contributed by atoms with van der Waals surface area (Å²) < 4.78 is 1.54. The summed E-state index contributed by atoms with van der Waals surface area (Å²) in [5.41, 5.74) is 0.881. The van der Waals surface area contributed by atoms with Gasteiger partial charge in [0.15, 0.2) is 0 Å². The predicted octanol–water partition coefficient (Wildman–Crippen LogP) is 0.763. The van der Waals surface area contributed by atoms with E-state index in [0.717, 1.165) is 12.1 Å². The summed E-state index contributed by atoms with van der Waals surface area (Å²) >= 11 is 0. The molecule has 0 amide bonds. The van der Waals surface area contributed by atoms with E-state index >= 15 is 0 Å². The lowest BCUT2D eigenvalue weighted by Crippen LogP contribution is -2.35. The molecule has 0 aliphatic rings. The van der Waals surface area contributed by atoms with E-state index in [4.69, 9.17) is 0 Å². The number of pyridine rings is 1. The van der Waals surface area contributed by atoms with Gasteiger partial charge in [-0.15, -0.1) is 0 Å². The van der Waals surface area contributed by atoms with Crippen LogP contribution in [0.5, 0.6) is 0 Å². The minimum atomic E-state index is -0.533. The van der Waals surface area contributed by atoms with Gasteiger partial charge in [-0.3, -0.25) is 4.79 Å². The molecule has 0 fully saturated rings. The minimum Gasteiger partial charge on any atom is -0.390 e. The maximum Gasteiger partial charge on any atom is 0.250 e. The predicted molar refractivity (Wildman–Crippen MR) is 69.2 cm³/mol. The Morgan fingerprint density at radius 3 is 2.71 bits per heavy atom. The lowest BCUT2D eigenvalue weighted by molar-refractivity contribution is 0.149. The fourth-order valence-electron chi connectivity index (χ4n) is 1.59. The minimum absolute atomic E-state index is 0.0621. The fraction of sp³-hybridized carbons (Fsp3) is 0.615. The van der Waals surface area contributed by atoms with E-state index in [1.54, 1.807) is 12.3 Å². The van der Waals surface area contributed by atoms with Gasteiger partial charge in [-0.05, 0) is 31.0 Å². The van der Waals surface area contributed by atoms with Gasteiger partial charge in [0.05, 0.1) is 12.6 Å². The van der Waals surface area contributed by atoms with E-state index < -0.39 is 6.10 Å². The highest BCUT2D eigenvalue weighted by Crippen LogP contribution is 1.94. The van der Waals surface area contributed by atoms with E-state index in [1.165, 1.54) is 4.57 Å². The molecule has 1 rings (SSSR count). The van der Waals surface area contributed by atoms with Crippen molar-refractivity contribution >= 4 is 0 Å². The number of aliphatic hydroxyl groups is 1. The first-order valence-corrected chi connectivity index (χ1v) is 6.05. The highest BCUT2D eigenvalue weighted by molar-refractivity contribution is 5.08. The van der Waals surface area contributed by atoms with Crippen molar-refractivity contribution in [2.24, 2.45) is 5.92 Å². The summed E-state index contributed by atoms with van der Waals surface area (Å²) in [6, 6.07) is 3.45. The van der Waals surface area contributed by atoms with E-state index in [1.807, 2.05) is 13.0 Å². The van der Waals surface area contributed by atoms with E-state index in [-0.39, 0.29) is 5.56 Å². The van der Waals surface area contributed by atoms with Gasteiger partial charge >= 0.3 is 0 Å². The Morgan fingerprint density at radius 1 is 1.41 bits per heavy atom. The highest BCUT2D eigenvalue weighted by Gasteiger charge is 2.06. The van der Waals surface area contributed by atoms with Crippen molar-refractivity contribution in [2.45, 2.75) is 33.4 Å². The molecule has 96 valence electrons. The molecule has 4 heteroatoms. The van der Waals surface area contributed by atoms with Crippen LogP contribution in [0.1, 0.15) is 19.4 Å². The van der Waals surface area contributed by atoms with Crippen LogP contribution in [0, 0.1) is 12.8 Å². The van der Waals surface area contributed by atoms with Gasteiger partial charge in [0.2, 0.25) is 0 Å². The Morgan fingerprint density at radius 2 is 2.12 bits per heavy atom. The Bertz CT molecular complexity index is 399. The zero-order valence-corrected chi connectivity index (χ0v) is 10.8. The van der Waals surface area contributed by atoms with Crippen LogP contribution in [0.15, 0.2) is 23.1 Å². The molecule has 2 N–H and O–H groups in total. The molecule has 1 aromatic rings. The monoisotopic (exact) mass is 238 g/mol. The van der Waals surface area contributed by atoms with Crippen LogP contribution in [0.25, 0.3) is 0 Å². The summed E-state index contributed by atoms with van der Waals surface area (Å²) in [7, 11) is 0. The molecule has 0 aromatic carbocycles. The van der Waals surface area contributed by atoms with Crippen molar-refractivity contribution in [1.82, 2.24) is 9.88 Å². The number of nitrogens with one attached hydrogen (secondary N) is 1. The zero-order chi connectivity index (χ0) is 12.8. The largest absolute Gasteiger partial charge is 0.390 e. The Balaban J connectivity index is 2.45. The summed E-state index contributed by atoms with van der Waals surface area (Å²) in [6.07, 6.45) is 1.19. The van der Waals surface area contributed by atoms with Gasteiger partial charge in [0.1, 0.15) is 0 Å². The number of rotatable bonds is 6. The standard InChI is InChI=1S/C13H22N2O2/c1-10(2)7-14-8-12(16)9-15-5-4-11(3)6-13(15)17/h4-6,10,12,14,16H,7-9H2,1-3H3. The molecule has 1 aromatic heterocycles. The summed E-state index contributed by atoms with van der Waals surface area (Å²) in [5.74, 6) is 0.560. The van der Waals surface area contributed by atoms with Crippen LogP contribution < -0.4 is 10.9 Å². The average molecular weight is 238 g/mol. The molecule has 1 unspecified atom stereocenters. The molecule has 0 saturated carbocycles. The third kappa shape index (κ3) is 5.15. The smallest absolute Gasteiger partial charge is 0.250 e. The first-order valence-electron chi connectivity index (χ1n) is 6.05. The number of aromatic nitrogens is 1. The first-order chi connectivity index (χ1) is 7.99. The number of aryl methyl sites for hydroxylation is 1. The molecular weight excluding hydrogens is 216 g/mol. The second kappa shape index (κ2) is 6.57. The molecular formula is C13H22N2O2. The van der Waals surface area contributed by atoms with Crippen LogP contribution >= 0.6 is 0 Å². The van der Waals surface area contributed by atoms with Gasteiger partial charge < -0.3 is 15.0 Å². The molecule has 1 heterocycles. The van der Waals surface area contributed by atoms with Gasteiger partial charge in [-0.25, -0.2) is 0 Å². The second-order valence-electron chi connectivity index (χ2n) is 4.90. The van der Waals surface area contributed by atoms with Gasteiger partial charge in [0.25, 0.3) is 5.56 Å². The molecule has 0 aliphatic heterocycles. The van der Waals surface area contributed by atoms with E-state index in [0.29, 0.717) is 19.0 Å². The van der Waals surface area contributed by atoms with Gasteiger partial charge in [-0.1, -0.05) is 13.8 Å². The van der Waals surface area contributed by atoms with Gasteiger partial charge in [-0.2, -0.15) is 0 Å². The third-order valence-electron chi connectivity index (χ3n) is 2.49. The Kier molecular flexibility index (Phi) is 5.38. The van der Waals surface area contributed by atoms with Crippen LogP contribution in [-0.2, 0) is 6.54 Å². The molecule has 1 atom stereocenters. The Hall–Kier alpha value is -1.13. The van der Waals surface area contributed by atoms with Crippen molar-refractivity contribution in [1.29, 1.82) is 0 Å². The van der Waals surface area contributed by atoms with E-state index in [9.17, 15) is 9.90 Å². The molecule has 0 radical (unpaired) electrons. The SMILES string of the molecule is Cc1ccn(CC(O)CNCC(C)C)c(=O)c1. The van der Waals surface area contributed by atoms with Crippen molar-refractivity contribution in [2.75, 3.05) is 13.1 Å². The number of hydrogen-bond donors (Lipinski definition) is 2. The number of aliphatic hydroxyl groups excluding tert-OH is 1. The van der Waals surface area contributed by atoms with Crippen LogP contribution in [0.2, 0.25) is 0 Å². The quantitative estimate of drug-likeness (QED) is 0.769. The normalized spacial score (nSPS) is 13.0. The van der Waals surface area contributed by atoms with Gasteiger partial charge in [0, 0.05) is 18.8 Å². The second-order valence-corrected chi connectivity index (χ2v) is 4.90. The number of nitrogens with zero attached hydrogens (tertiary/aromatic N) is 1. The first kappa shape index (κ1) is 13.9. The molecule has 17 heavy (non-hydrogen) atoms. The van der Waals surface area contributed by atoms with E-state index in [2.05, 4.69) is 19.2 Å². The van der Waals surface area contributed by atoms with Crippen LogP contribution in [0.3, 0.4) is 0 Å². The third-order valence-corrected chi connectivity index (χ3v) is 2.49. The highest BCUT2D eigenvalue weighted by atomic mass is 16.3. The average Bonchev–Trinajstić information content (AvgIpc) is 2.21.